The van der Waals surface area contributed by atoms with Gasteiger partial charge >= 0.3 is 0 Å². The molecular formula is C21H23NO3. The number of aliphatic hydroxyl groups excluding tert-OH is 1. The molecule has 2 aromatic carbocycles. The predicted octanol–water partition coefficient (Wildman–Crippen LogP) is 2.82. The Kier molecular flexibility index (Phi) is 4.45. The van der Waals surface area contributed by atoms with Crippen molar-refractivity contribution in [3.8, 4) is 5.75 Å². The lowest BCUT2D eigenvalue weighted by molar-refractivity contribution is 0.0787. The minimum Gasteiger partial charge on any atom is -0.493 e. The topological polar surface area (TPSA) is 49.8 Å². The fraction of sp³-hybridized carbons (Fsp3) is 0.381. The monoisotopic (exact) mass is 337 g/mol. The fourth-order valence-corrected chi connectivity index (χ4v) is 3.80. The highest BCUT2D eigenvalue weighted by molar-refractivity contribution is 5.94. The van der Waals surface area contributed by atoms with E-state index in [1.54, 1.807) is 0 Å². The van der Waals surface area contributed by atoms with Crippen molar-refractivity contribution in [2.24, 2.45) is 5.92 Å². The molecule has 2 aliphatic rings. The molecule has 0 saturated carbocycles. The van der Waals surface area contributed by atoms with Gasteiger partial charge in [-0.3, -0.25) is 4.79 Å². The zero-order chi connectivity index (χ0) is 17.2. The van der Waals surface area contributed by atoms with Crippen LogP contribution in [-0.2, 0) is 19.4 Å². The number of carbonyl (C=O) groups excluding carboxylic acids is 1. The van der Waals surface area contributed by atoms with Crippen molar-refractivity contribution < 1.29 is 14.6 Å². The average Bonchev–Trinajstić information content (AvgIpc) is 3.30. The summed E-state index contributed by atoms with van der Waals surface area (Å²) in [6, 6.07) is 13.9. The highest BCUT2D eigenvalue weighted by Crippen LogP contribution is 2.28. The number of ether oxygens (including phenoxy) is 1. The van der Waals surface area contributed by atoms with Crippen molar-refractivity contribution in [2.75, 3.05) is 19.7 Å². The SMILES string of the molecule is O=C(c1ccc2c(c1)CCO2)N1CCC(Cc2ccc(CO)cc2)C1. The maximum Gasteiger partial charge on any atom is 0.253 e. The van der Waals surface area contributed by atoms with E-state index < -0.39 is 0 Å². The summed E-state index contributed by atoms with van der Waals surface area (Å²) in [6.45, 7) is 2.44. The zero-order valence-electron chi connectivity index (χ0n) is 14.3. The Labute approximate surface area is 148 Å². The van der Waals surface area contributed by atoms with Crippen molar-refractivity contribution in [2.45, 2.75) is 25.9 Å². The summed E-state index contributed by atoms with van der Waals surface area (Å²) < 4.78 is 5.52. The number of hydrogen-bond acceptors (Lipinski definition) is 3. The van der Waals surface area contributed by atoms with Gasteiger partial charge in [-0.2, -0.15) is 0 Å². The average molecular weight is 337 g/mol. The first-order valence-electron chi connectivity index (χ1n) is 8.96. The van der Waals surface area contributed by atoms with E-state index in [-0.39, 0.29) is 12.5 Å². The summed E-state index contributed by atoms with van der Waals surface area (Å²) >= 11 is 0. The normalized spacial score (nSPS) is 18.9. The van der Waals surface area contributed by atoms with Crippen LogP contribution in [0.5, 0.6) is 5.75 Å². The molecule has 4 nitrogen and oxygen atoms in total. The van der Waals surface area contributed by atoms with Gasteiger partial charge in [0.1, 0.15) is 5.75 Å². The number of hydrogen-bond donors (Lipinski definition) is 1. The van der Waals surface area contributed by atoms with Gasteiger partial charge in [-0.25, -0.2) is 0 Å². The molecule has 1 unspecified atom stereocenters. The number of amides is 1. The summed E-state index contributed by atoms with van der Waals surface area (Å²) in [7, 11) is 0. The van der Waals surface area contributed by atoms with Crippen LogP contribution in [-0.4, -0.2) is 35.6 Å². The first-order chi connectivity index (χ1) is 12.2. The number of likely N-dealkylation sites (tertiary alicyclic amines) is 1. The first kappa shape index (κ1) is 16.2. The van der Waals surface area contributed by atoms with Crippen LogP contribution in [0.15, 0.2) is 42.5 Å². The largest absolute Gasteiger partial charge is 0.493 e. The van der Waals surface area contributed by atoms with E-state index in [4.69, 9.17) is 9.84 Å². The molecule has 2 aliphatic heterocycles. The lowest BCUT2D eigenvalue weighted by Gasteiger charge is -2.17. The van der Waals surface area contributed by atoms with E-state index >= 15 is 0 Å². The molecule has 1 saturated heterocycles. The van der Waals surface area contributed by atoms with Gasteiger partial charge in [0.25, 0.3) is 5.91 Å². The molecule has 1 N–H and O–H groups in total. The third-order valence-electron chi connectivity index (χ3n) is 5.24. The van der Waals surface area contributed by atoms with Crippen LogP contribution < -0.4 is 4.74 Å². The highest BCUT2D eigenvalue weighted by atomic mass is 16.5. The Hall–Kier alpha value is -2.33. The lowest BCUT2D eigenvalue weighted by Crippen LogP contribution is -2.29. The Morgan fingerprint density at radius 1 is 1.16 bits per heavy atom. The first-order valence-corrected chi connectivity index (χ1v) is 8.96. The van der Waals surface area contributed by atoms with Crippen molar-refractivity contribution in [1.29, 1.82) is 0 Å². The van der Waals surface area contributed by atoms with Crippen LogP contribution in [0.1, 0.15) is 33.5 Å². The van der Waals surface area contributed by atoms with Gasteiger partial charge in [-0.15, -0.1) is 0 Å². The standard InChI is InChI=1S/C21H23NO3/c23-14-16-3-1-15(2-4-16)11-17-7-9-22(13-17)21(24)19-5-6-20-18(12-19)8-10-25-20/h1-6,12,17,23H,7-11,13-14H2. The number of aliphatic hydroxyl groups is 1. The van der Waals surface area contributed by atoms with Gasteiger partial charge in [0.15, 0.2) is 0 Å². The Balaban J connectivity index is 1.39. The lowest BCUT2D eigenvalue weighted by atomic mass is 9.98. The molecule has 4 rings (SSSR count). The highest BCUT2D eigenvalue weighted by Gasteiger charge is 2.27. The van der Waals surface area contributed by atoms with Gasteiger partial charge in [0, 0.05) is 25.1 Å². The second-order valence-electron chi connectivity index (χ2n) is 7.01. The third-order valence-corrected chi connectivity index (χ3v) is 5.24. The molecule has 4 heteroatoms. The fourth-order valence-electron chi connectivity index (χ4n) is 3.80. The van der Waals surface area contributed by atoms with E-state index in [0.29, 0.717) is 12.5 Å². The van der Waals surface area contributed by atoms with Crippen LogP contribution in [0.25, 0.3) is 0 Å². The molecule has 1 fully saturated rings. The van der Waals surface area contributed by atoms with E-state index in [9.17, 15) is 4.79 Å². The quantitative estimate of drug-likeness (QED) is 0.933. The Morgan fingerprint density at radius 3 is 2.76 bits per heavy atom. The number of rotatable bonds is 4. The number of benzene rings is 2. The van der Waals surface area contributed by atoms with Crippen molar-refractivity contribution in [3.05, 3.63) is 64.7 Å². The van der Waals surface area contributed by atoms with Crippen LogP contribution in [0.2, 0.25) is 0 Å². The molecule has 1 atom stereocenters. The number of carbonyl (C=O) groups is 1. The van der Waals surface area contributed by atoms with Gasteiger partial charge in [0.2, 0.25) is 0 Å². The van der Waals surface area contributed by atoms with Gasteiger partial charge in [-0.05, 0) is 53.6 Å². The summed E-state index contributed by atoms with van der Waals surface area (Å²) in [5.74, 6) is 1.55. The Bertz CT molecular complexity index is 769. The second kappa shape index (κ2) is 6.89. The third kappa shape index (κ3) is 3.40. The van der Waals surface area contributed by atoms with E-state index in [2.05, 4.69) is 12.1 Å². The van der Waals surface area contributed by atoms with Crippen LogP contribution in [0.4, 0.5) is 0 Å². The van der Waals surface area contributed by atoms with Crippen LogP contribution >= 0.6 is 0 Å². The summed E-state index contributed by atoms with van der Waals surface area (Å²) in [5.41, 5.74) is 4.13. The molecule has 0 aliphatic carbocycles. The minimum atomic E-state index is 0.0812. The molecule has 0 aromatic heterocycles. The van der Waals surface area contributed by atoms with Gasteiger partial charge in [0.05, 0.1) is 13.2 Å². The molecule has 0 spiro atoms. The molecular weight excluding hydrogens is 314 g/mol. The van der Waals surface area contributed by atoms with E-state index in [1.807, 2.05) is 35.2 Å². The van der Waals surface area contributed by atoms with Crippen molar-refractivity contribution >= 4 is 5.91 Å². The molecule has 1 amide bonds. The summed E-state index contributed by atoms with van der Waals surface area (Å²) in [4.78, 5) is 14.8. The molecule has 2 aromatic rings. The van der Waals surface area contributed by atoms with Crippen molar-refractivity contribution in [1.82, 2.24) is 4.90 Å². The Morgan fingerprint density at radius 2 is 1.96 bits per heavy atom. The maximum atomic E-state index is 12.8. The summed E-state index contributed by atoms with van der Waals surface area (Å²) in [5, 5.41) is 9.12. The minimum absolute atomic E-state index is 0.0812. The van der Waals surface area contributed by atoms with Crippen LogP contribution in [0.3, 0.4) is 0 Å². The van der Waals surface area contributed by atoms with Crippen LogP contribution in [0, 0.1) is 5.92 Å². The van der Waals surface area contributed by atoms with Crippen molar-refractivity contribution in [3.63, 3.8) is 0 Å². The van der Waals surface area contributed by atoms with E-state index in [0.717, 1.165) is 54.8 Å². The van der Waals surface area contributed by atoms with Gasteiger partial charge in [-0.1, -0.05) is 24.3 Å². The number of fused-ring (bicyclic) bond motifs is 1. The zero-order valence-corrected chi connectivity index (χ0v) is 14.3. The summed E-state index contributed by atoms with van der Waals surface area (Å²) in [6.07, 6.45) is 2.91. The second-order valence-corrected chi connectivity index (χ2v) is 7.01. The predicted molar refractivity (Wildman–Crippen MR) is 95.7 cm³/mol. The van der Waals surface area contributed by atoms with E-state index in [1.165, 1.54) is 5.56 Å². The molecule has 25 heavy (non-hydrogen) atoms. The molecule has 2 heterocycles. The number of nitrogens with zero attached hydrogens (tertiary/aromatic N) is 1. The molecule has 0 radical (unpaired) electrons. The smallest absolute Gasteiger partial charge is 0.253 e. The molecule has 130 valence electrons. The van der Waals surface area contributed by atoms with Gasteiger partial charge < -0.3 is 14.7 Å². The molecule has 0 bridgehead atoms. The maximum absolute atomic E-state index is 12.8.